The number of ether oxygens (including phenoxy) is 1. The molecule has 0 aromatic heterocycles. The molecule has 9 nitrogen and oxygen atoms in total. The third-order valence-corrected chi connectivity index (χ3v) is 9.37. The molecule has 0 N–H and O–H groups in total. The Morgan fingerprint density at radius 2 is 1.59 bits per heavy atom. The Balaban J connectivity index is 1.38. The van der Waals surface area contributed by atoms with Crippen LogP contribution in [0.2, 0.25) is 0 Å². The largest absolute Gasteiger partial charge is 0.450 e. The molecule has 2 saturated heterocycles. The van der Waals surface area contributed by atoms with Crippen molar-refractivity contribution in [2.24, 2.45) is 0 Å². The minimum Gasteiger partial charge on any atom is -0.450 e. The lowest BCUT2D eigenvalue weighted by Crippen LogP contribution is -2.11. The summed E-state index contributed by atoms with van der Waals surface area (Å²) >= 11 is 0. The maximum absolute atomic E-state index is 13.4. The number of hydrogen-bond acceptors (Lipinski definition) is 6. The Bertz CT molecular complexity index is 1360. The third-order valence-electron chi connectivity index (χ3n) is 6.55. The summed E-state index contributed by atoms with van der Waals surface area (Å²) in [5, 5.41) is 11.7. The Labute approximate surface area is 215 Å². The van der Waals surface area contributed by atoms with E-state index >= 15 is 0 Å². The van der Waals surface area contributed by atoms with Crippen LogP contribution in [0.25, 0.3) is 0 Å². The lowest BCUT2D eigenvalue weighted by atomic mass is 9.92. The molecule has 0 bridgehead atoms. The maximum Gasteiger partial charge on any atom is 0.346 e. The summed E-state index contributed by atoms with van der Waals surface area (Å²) in [6.45, 7) is 6.53. The van der Waals surface area contributed by atoms with Gasteiger partial charge in [-0.3, -0.25) is 24.0 Å². The second kappa shape index (κ2) is 10.2. The van der Waals surface area contributed by atoms with Crippen molar-refractivity contribution in [3.8, 4) is 11.5 Å². The molecule has 0 aliphatic carbocycles. The van der Waals surface area contributed by atoms with Gasteiger partial charge in [-0.1, -0.05) is 49.4 Å². The quantitative estimate of drug-likeness (QED) is 0.0968. The van der Waals surface area contributed by atoms with E-state index in [1.165, 1.54) is 6.07 Å². The molecule has 2 aliphatic rings. The van der Waals surface area contributed by atoms with E-state index in [0.717, 1.165) is 31.7 Å². The van der Waals surface area contributed by atoms with E-state index in [1.807, 2.05) is 46.6 Å². The van der Waals surface area contributed by atoms with E-state index < -0.39 is 18.7 Å². The van der Waals surface area contributed by atoms with Crippen LogP contribution in [-0.4, -0.2) is 46.2 Å². The zero-order chi connectivity index (χ0) is 26.2. The van der Waals surface area contributed by atoms with Gasteiger partial charge in [-0.25, -0.2) is 9.34 Å². The van der Waals surface area contributed by atoms with E-state index in [-0.39, 0.29) is 23.1 Å². The number of nitro groups is 1. The molecule has 3 aromatic carbocycles. The maximum atomic E-state index is 13.4. The number of rotatable bonds is 11. The van der Waals surface area contributed by atoms with Crippen molar-refractivity contribution in [1.82, 2.24) is 9.34 Å². The number of nitro benzene ring substituents is 1. The first-order chi connectivity index (χ1) is 17.8. The van der Waals surface area contributed by atoms with Crippen molar-refractivity contribution >= 4 is 19.1 Å². The molecule has 2 atom stereocenters. The van der Waals surface area contributed by atoms with Gasteiger partial charge in [-0.2, -0.15) is 0 Å². The highest BCUT2D eigenvalue weighted by atomic mass is 31.2. The number of ketones is 1. The first-order valence-corrected chi connectivity index (χ1v) is 13.7. The van der Waals surface area contributed by atoms with Gasteiger partial charge >= 0.3 is 13.4 Å². The van der Waals surface area contributed by atoms with Crippen molar-refractivity contribution in [2.75, 3.05) is 26.2 Å². The molecule has 0 radical (unpaired) electrons. The fourth-order valence-electron chi connectivity index (χ4n) is 4.17. The highest BCUT2D eigenvalue weighted by Gasteiger charge is 2.50. The summed E-state index contributed by atoms with van der Waals surface area (Å²) in [5.74, 6) is -0.110. The fourth-order valence-corrected chi connectivity index (χ4v) is 6.52. The second-order valence-corrected chi connectivity index (χ2v) is 11.6. The van der Waals surface area contributed by atoms with Gasteiger partial charge in [-0.15, -0.1) is 0 Å². The Kier molecular flexibility index (Phi) is 6.96. The van der Waals surface area contributed by atoms with Gasteiger partial charge in [0.05, 0.1) is 11.0 Å². The predicted octanol–water partition coefficient (Wildman–Crippen LogP) is 6.19. The molecular formula is C27H28N3O6P. The molecule has 2 aliphatic heterocycles. The summed E-state index contributed by atoms with van der Waals surface area (Å²) in [7, 11) is -3.07. The smallest absolute Gasteiger partial charge is 0.346 e. The van der Waals surface area contributed by atoms with Gasteiger partial charge < -0.3 is 4.74 Å². The van der Waals surface area contributed by atoms with Gasteiger partial charge in [0.1, 0.15) is 5.75 Å². The first-order valence-electron chi connectivity index (χ1n) is 12.2. The zero-order valence-corrected chi connectivity index (χ0v) is 21.5. The van der Waals surface area contributed by atoms with Crippen molar-refractivity contribution in [3.05, 3.63) is 99.6 Å². The fraction of sp³-hybridized carbons (Fsp3) is 0.296. The van der Waals surface area contributed by atoms with Gasteiger partial charge in [0, 0.05) is 43.7 Å². The molecule has 0 amide bonds. The molecule has 2 fully saturated rings. The van der Waals surface area contributed by atoms with E-state index in [1.54, 1.807) is 43.3 Å². The molecule has 5 rings (SSSR count). The monoisotopic (exact) mass is 521 g/mol. The standard InChI is InChI=1S/C27H28N3O6P/c1-19(21-7-4-3-5-8-21)27(31)23-9-6-10-24(17-23)35-26-18-22(11-12-25(26)30(32)33)20(2)36-37(34,28-13-14-28)29-15-16-29/h3-12,17-20H,13-16H2,1-2H3. The molecular weight excluding hydrogens is 493 g/mol. The van der Waals surface area contributed by atoms with Crippen LogP contribution >= 0.6 is 7.67 Å². The van der Waals surface area contributed by atoms with Crippen LogP contribution in [0, 0.1) is 10.1 Å². The lowest BCUT2D eigenvalue weighted by molar-refractivity contribution is -0.385. The molecule has 0 saturated carbocycles. The number of carbonyl (C=O) groups is 1. The van der Waals surface area contributed by atoms with E-state index in [0.29, 0.717) is 16.9 Å². The molecule has 0 spiro atoms. The SMILES string of the molecule is CC(OP(=O)(N1CC1)N1CC1)c1ccc([N+](=O)[O-])c(Oc2cccc(C(=O)C(C)c3ccccc3)c2)c1. The van der Waals surface area contributed by atoms with E-state index in [9.17, 15) is 19.5 Å². The summed E-state index contributed by atoms with van der Waals surface area (Å²) in [6, 6.07) is 20.6. The van der Waals surface area contributed by atoms with E-state index in [2.05, 4.69) is 0 Å². The molecule has 37 heavy (non-hydrogen) atoms. The van der Waals surface area contributed by atoms with Crippen LogP contribution in [0.15, 0.2) is 72.8 Å². The zero-order valence-electron chi connectivity index (χ0n) is 20.6. The number of Topliss-reactive ketones (excluding diaryl/α,β-unsaturated/α-hetero) is 1. The van der Waals surface area contributed by atoms with Crippen LogP contribution in [0.3, 0.4) is 0 Å². The second-order valence-electron chi connectivity index (χ2n) is 9.26. The van der Waals surface area contributed by atoms with Crippen molar-refractivity contribution in [1.29, 1.82) is 0 Å². The molecule has 2 heterocycles. The summed E-state index contributed by atoms with van der Waals surface area (Å²) < 4.78 is 29.0. The topological polar surface area (TPSA) is 102 Å². The van der Waals surface area contributed by atoms with Gasteiger partial charge in [0.15, 0.2) is 5.78 Å². The molecule has 192 valence electrons. The Morgan fingerprint density at radius 1 is 0.919 bits per heavy atom. The number of nitrogens with zero attached hydrogens (tertiary/aromatic N) is 3. The van der Waals surface area contributed by atoms with Crippen LogP contribution in [0.5, 0.6) is 11.5 Å². The normalized spacial score (nSPS) is 17.1. The van der Waals surface area contributed by atoms with Crippen LogP contribution in [0.1, 0.15) is 47.4 Å². The van der Waals surface area contributed by atoms with Crippen LogP contribution < -0.4 is 4.74 Å². The third kappa shape index (κ3) is 5.50. The van der Waals surface area contributed by atoms with Crippen molar-refractivity contribution in [2.45, 2.75) is 25.9 Å². The average Bonchev–Trinajstić information content (AvgIpc) is 3.80. The minimum atomic E-state index is -3.07. The number of hydrogen-bond donors (Lipinski definition) is 0. The summed E-state index contributed by atoms with van der Waals surface area (Å²) in [4.78, 5) is 24.3. The number of carbonyl (C=O) groups excluding carboxylic acids is 1. The Morgan fingerprint density at radius 3 is 2.22 bits per heavy atom. The van der Waals surface area contributed by atoms with Crippen LogP contribution in [0.4, 0.5) is 5.69 Å². The van der Waals surface area contributed by atoms with Gasteiger partial charge in [0.2, 0.25) is 5.75 Å². The predicted molar refractivity (Wildman–Crippen MR) is 139 cm³/mol. The highest BCUT2D eigenvalue weighted by molar-refractivity contribution is 7.54. The van der Waals surface area contributed by atoms with Crippen LogP contribution in [-0.2, 0) is 9.09 Å². The van der Waals surface area contributed by atoms with Crippen molar-refractivity contribution < 1.29 is 23.5 Å². The van der Waals surface area contributed by atoms with Crippen molar-refractivity contribution in [3.63, 3.8) is 0 Å². The Hall–Kier alpha value is -3.36. The highest BCUT2D eigenvalue weighted by Crippen LogP contribution is 2.63. The van der Waals surface area contributed by atoms with Gasteiger partial charge in [0.25, 0.3) is 0 Å². The van der Waals surface area contributed by atoms with Gasteiger partial charge in [-0.05, 0) is 42.3 Å². The summed E-state index contributed by atoms with van der Waals surface area (Å²) in [6.07, 6.45) is -0.574. The lowest BCUT2D eigenvalue weighted by Gasteiger charge is -2.24. The van der Waals surface area contributed by atoms with E-state index in [4.69, 9.17) is 9.26 Å². The molecule has 10 heteroatoms. The molecule has 3 aromatic rings. The minimum absolute atomic E-state index is 0.0203. The number of benzene rings is 3. The average molecular weight is 522 g/mol. The first kappa shape index (κ1) is 25.3. The molecule has 2 unspecified atom stereocenters. The summed E-state index contributed by atoms with van der Waals surface area (Å²) in [5.41, 5.74) is 1.74.